The number of hydrogen-bond acceptors (Lipinski definition) is 4. The van der Waals surface area contributed by atoms with Crippen molar-refractivity contribution in [1.29, 1.82) is 0 Å². The summed E-state index contributed by atoms with van der Waals surface area (Å²) in [5.74, 6) is -1.15. The zero-order valence-corrected chi connectivity index (χ0v) is 10.6. The molecule has 2 heterocycles. The number of nitrogens with zero attached hydrogens (tertiary/aromatic N) is 1. The number of likely N-dealkylation sites (tertiary alicyclic amines) is 1. The molecule has 2 saturated heterocycles. The quantitative estimate of drug-likeness (QED) is 0.623. The van der Waals surface area contributed by atoms with Crippen molar-refractivity contribution in [3.05, 3.63) is 0 Å². The molecule has 0 aromatic rings. The topological polar surface area (TPSA) is 89.9 Å². The standard InChI is InChI=1S/C12H20N2O4/c1-12(11(17)18)4-2-3-5-14(12)10(16)9-6-8(15)7-13-9/h8-9,13,15H,2-7H2,1H3,(H,17,18). The minimum absolute atomic E-state index is 0.198. The molecule has 0 aromatic heterocycles. The molecule has 0 saturated carbocycles. The first-order chi connectivity index (χ1) is 8.45. The summed E-state index contributed by atoms with van der Waals surface area (Å²) in [6.45, 7) is 2.49. The lowest BCUT2D eigenvalue weighted by Gasteiger charge is -2.42. The average Bonchev–Trinajstić information content (AvgIpc) is 2.75. The Balaban J connectivity index is 2.14. The van der Waals surface area contributed by atoms with Crippen molar-refractivity contribution >= 4 is 11.9 Å². The molecule has 0 spiro atoms. The van der Waals surface area contributed by atoms with Crippen LogP contribution in [0.15, 0.2) is 0 Å². The van der Waals surface area contributed by atoms with Crippen LogP contribution in [-0.2, 0) is 9.59 Å². The van der Waals surface area contributed by atoms with Crippen LogP contribution in [0.25, 0.3) is 0 Å². The summed E-state index contributed by atoms with van der Waals surface area (Å²) in [7, 11) is 0. The van der Waals surface area contributed by atoms with Crippen LogP contribution >= 0.6 is 0 Å². The molecule has 102 valence electrons. The third-order valence-electron chi connectivity index (χ3n) is 4.02. The van der Waals surface area contributed by atoms with E-state index in [0.29, 0.717) is 25.9 Å². The van der Waals surface area contributed by atoms with Gasteiger partial charge >= 0.3 is 5.97 Å². The molecule has 0 aliphatic carbocycles. The molecular weight excluding hydrogens is 236 g/mol. The SMILES string of the molecule is CC1(C(=O)O)CCCCN1C(=O)C1CC(O)CN1. The van der Waals surface area contributed by atoms with Gasteiger partial charge in [0.25, 0.3) is 0 Å². The largest absolute Gasteiger partial charge is 0.480 e. The Labute approximate surface area is 106 Å². The molecule has 6 heteroatoms. The number of carbonyl (C=O) groups excluding carboxylic acids is 1. The van der Waals surface area contributed by atoms with Gasteiger partial charge in [-0.15, -0.1) is 0 Å². The third kappa shape index (κ3) is 2.22. The Morgan fingerprint density at radius 3 is 2.67 bits per heavy atom. The van der Waals surface area contributed by atoms with Crippen LogP contribution in [0.4, 0.5) is 0 Å². The Kier molecular flexibility index (Phi) is 3.59. The highest BCUT2D eigenvalue weighted by Crippen LogP contribution is 2.29. The zero-order chi connectivity index (χ0) is 13.3. The van der Waals surface area contributed by atoms with E-state index in [1.54, 1.807) is 6.92 Å². The molecule has 2 rings (SSSR count). The van der Waals surface area contributed by atoms with Crippen molar-refractivity contribution < 1.29 is 19.8 Å². The molecule has 0 bridgehead atoms. The fourth-order valence-corrected chi connectivity index (χ4v) is 2.79. The van der Waals surface area contributed by atoms with E-state index < -0.39 is 23.7 Å². The van der Waals surface area contributed by atoms with E-state index in [9.17, 15) is 19.8 Å². The Hall–Kier alpha value is -1.14. The molecule has 18 heavy (non-hydrogen) atoms. The lowest BCUT2D eigenvalue weighted by molar-refractivity contribution is -0.161. The monoisotopic (exact) mass is 256 g/mol. The number of aliphatic hydroxyl groups is 1. The summed E-state index contributed by atoms with van der Waals surface area (Å²) in [6.07, 6.45) is 2.01. The van der Waals surface area contributed by atoms with E-state index in [0.717, 1.165) is 12.8 Å². The van der Waals surface area contributed by atoms with Gasteiger partial charge in [-0.05, 0) is 32.6 Å². The molecule has 0 radical (unpaired) electrons. The minimum Gasteiger partial charge on any atom is -0.480 e. The van der Waals surface area contributed by atoms with Crippen molar-refractivity contribution in [3.63, 3.8) is 0 Å². The summed E-state index contributed by atoms with van der Waals surface area (Å²) < 4.78 is 0. The van der Waals surface area contributed by atoms with E-state index in [1.807, 2.05) is 0 Å². The molecule has 2 aliphatic heterocycles. The predicted molar refractivity (Wildman–Crippen MR) is 64.0 cm³/mol. The summed E-state index contributed by atoms with van der Waals surface area (Å²) in [4.78, 5) is 25.2. The molecule has 2 aliphatic rings. The van der Waals surface area contributed by atoms with Crippen LogP contribution in [-0.4, -0.2) is 57.8 Å². The van der Waals surface area contributed by atoms with Gasteiger partial charge in [0.2, 0.25) is 5.91 Å². The smallest absolute Gasteiger partial charge is 0.329 e. The molecule has 3 atom stereocenters. The highest BCUT2D eigenvalue weighted by molar-refractivity contribution is 5.89. The van der Waals surface area contributed by atoms with Gasteiger partial charge in [0.05, 0.1) is 12.1 Å². The number of carboxylic acid groups (broad SMARTS) is 1. The minimum atomic E-state index is -1.11. The fourth-order valence-electron chi connectivity index (χ4n) is 2.79. The first kappa shape index (κ1) is 13.3. The molecular formula is C12H20N2O4. The maximum atomic E-state index is 12.4. The lowest BCUT2D eigenvalue weighted by Crippen LogP contribution is -2.60. The Bertz CT molecular complexity index is 360. The first-order valence-electron chi connectivity index (χ1n) is 6.41. The summed E-state index contributed by atoms with van der Waals surface area (Å²) in [5.41, 5.74) is -1.11. The van der Waals surface area contributed by atoms with Crippen LogP contribution in [0.5, 0.6) is 0 Å². The molecule has 3 unspecified atom stereocenters. The predicted octanol–water partition coefficient (Wildman–Crippen LogP) is -0.435. The van der Waals surface area contributed by atoms with E-state index in [2.05, 4.69) is 5.32 Å². The van der Waals surface area contributed by atoms with E-state index in [-0.39, 0.29) is 5.91 Å². The van der Waals surface area contributed by atoms with Crippen LogP contribution in [0.2, 0.25) is 0 Å². The van der Waals surface area contributed by atoms with Crippen molar-refractivity contribution in [2.75, 3.05) is 13.1 Å². The summed E-state index contributed by atoms with van der Waals surface area (Å²) in [6, 6.07) is -0.447. The highest BCUT2D eigenvalue weighted by Gasteiger charge is 2.46. The molecule has 0 aromatic carbocycles. The zero-order valence-electron chi connectivity index (χ0n) is 10.6. The van der Waals surface area contributed by atoms with Crippen molar-refractivity contribution in [1.82, 2.24) is 10.2 Å². The number of piperidine rings is 1. The number of nitrogens with one attached hydrogen (secondary N) is 1. The van der Waals surface area contributed by atoms with Gasteiger partial charge in [-0.2, -0.15) is 0 Å². The number of carboxylic acids is 1. The second kappa shape index (κ2) is 4.85. The Morgan fingerprint density at radius 1 is 1.39 bits per heavy atom. The van der Waals surface area contributed by atoms with Crippen molar-refractivity contribution in [2.24, 2.45) is 0 Å². The maximum absolute atomic E-state index is 12.4. The number of aliphatic carboxylic acids is 1. The number of rotatable bonds is 2. The number of amides is 1. The second-order valence-corrected chi connectivity index (χ2v) is 5.38. The molecule has 1 amide bonds. The highest BCUT2D eigenvalue weighted by atomic mass is 16.4. The summed E-state index contributed by atoms with van der Waals surface area (Å²) in [5, 5.41) is 21.7. The average molecular weight is 256 g/mol. The van der Waals surface area contributed by atoms with Crippen LogP contribution in [0, 0.1) is 0 Å². The second-order valence-electron chi connectivity index (χ2n) is 5.38. The van der Waals surface area contributed by atoms with Gasteiger partial charge in [-0.1, -0.05) is 0 Å². The van der Waals surface area contributed by atoms with Gasteiger partial charge in [-0.25, -0.2) is 4.79 Å². The van der Waals surface area contributed by atoms with Crippen molar-refractivity contribution in [3.8, 4) is 0 Å². The Morgan fingerprint density at radius 2 is 2.11 bits per heavy atom. The van der Waals surface area contributed by atoms with Crippen LogP contribution < -0.4 is 5.32 Å². The van der Waals surface area contributed by atoms with Gasteiger partial charge < -0.3 is 20.4 Å². The molecule has 6 nitrogen and oxygen atoms in total. The van der Waals surface area contributed by atoms with Gasteiger partial charge in [0.1, 0.15) is 5.54 Å². The fraction of sp³-hybridized carbons (Fsp3) is 0.833. The number of carbonyl (C=O) groups is 2. The molecule has 3 N–H and O–H groups in total. The number of hydrogen-bond donors (Lipinski definition) is 3. The van der Waals surface area contributed by atoms with E-state index in [1.165, 1.54) is 4.90 Å². The van der Waals surface area contributed by atoms with Gasteiger partial charge in [0, 0.05) is 13.1 Å². The molecule has 2 fully saturated rings. The maximum Gasteiger partial charge on any atom is 0.329 e. The summed E-state index contributed by atoms with van der Waals surface area (Å²) >= 11 is 0. The number of β-amino-alcohol motifs (C(OH)–C–C–N with tert-alkyl or cyclic N) is 1. The van der Waals surface area contributed by atoms with Crippen molar-refractivity contribution in [2.45, 2.75) is 50.3 Å². The lowest BCUT2D eigenvalue weighted by atomic mass is 9.87. The first-order valence-corrected chi connectivity index (χ1v) is 6.41. The van der Waals surface area contributed by atoms with Crippen LogP contribution in [0.1, 0.15) is 32.6 Å². The normalized spacial score (nSPS) is 36.7. The third-order valence-corrected chi connectivity index (χ3v) is 4.02. The van der Waals surface area contributed by atoms with E-state index in [4.69, 9.17) is 0 Å². The van der Waals surface area contributed by atoms with E-state index >= 15 is 0 Å². The van der Waals surface area contributed by atoms with Gasteiger partial charge in [-0.3, -0.25) is 4.79 Å². The number of aliphatic hydroxyl groups excluding tert-OH is 1. The van der Waals surface area contributed by atoms with Crippen LogP contribution in [0.3, 0.4) is 0 Å². The van der Waals surface area contributed by atoms with Gasteiger partial charge in [0.15, 0.2) is 0 Å².